The molecule has 0 fully saturated rings. The van der Waals surface area contributed by atoms with Crippen molar-refractivity contribution in [2.45, 2.75) is 33.2 Å². The minimum Gasteiger partial charge on any atom is -0.459 e. The summed E-state index contributed by atoms with van der Waals surface area (Å²) in [5.41, 5.74) is 9.09. The van der Waals surface area contributed by atoms with Crippen molar-refractivity contribution in [3.63, 3.8) is 0 Å². The van der Waals surface area contributed by atoms with Gasteiger partial charge >= 0.3 is 0 Å². The van der Waals surface area contributed by atoms with E-state index in [1.807, 2.05) is 0 Å². The predicted octanol–water partition coefficient (Wildman–Crippen LogP) is 3.32. The standard InChI is InChI=1S/C13H17NO/c1-8(2)11-5-4-9(3)13-12(11)6-10(7-14)15-13/h4-6,8H,7,14H2,1-3H3. The van der Waals surface area contributed by atoms with Crippen molar-refractivity contribution in [2.24, 2.45) is 5.73 Å². The number of hydrogen-bond donors (Lipinski definition) is 1. The van der Waals surface area contributed by atoms with Crippen LogP contribution in [-0.4, -0.2) is 0 Å². The lowest BCUT2D eigenvalue weighted by atomic mass is 9.97. The molecule has 0 bridgehead atoms. The molecule has 2 N–H and O–H groups in total. The summed E-state index contributed by atoms with van der Waals surface area (Å²) in [7, 11) is 0. The summed E-state index contributed by atoms with van der Waals surface area (Å²) in [6, 6.07) is 6.36. The summed E-state index contributed by atoms with van der Waals surface area (Å²) < 4.78 is 5.71. The smallest absolute Gasteiger partial charge is 0.137 e. The highest BCUT2D eigenvalue weighted by Crippen LogP contribution is 2.30. The van der Waals surface area contributed by atoms with Crippen molar-refractivity contribution >= 4 is 11.0 Å². The van der Waals surface area contributed by atoms with Gasteiger partial charge in [0.1, 0.15) is 11.3 Å². The number of fused-ring (bicyclic) bond motifs is 1. The van der Waals surface area contributed by atoms with E-state index in [-0.39, 0.29) is 0 Å². The van der Waals surface area contributed by atoms with E-state index < -0.39 is 0 Å². The van der Waals surface area contributed by atoms with Crippen molar-refractivity contribution in [1.82, 2.24) is 0 Å². The van der Waals surface area contributed by atoms with Gasteiger partial charge in [-0.25, -0.2) is 0 Å². The normalized spacial score (nSPS) is 11.5. The maximum Gasteiger partial charge on any atom is 0.137 e. The van der Waals surface area contributed by atoms with Crippen LogP contribution in [0.2, 0.25) is 0 Å². The quantitative estimate of drug-likeness (QED) is 0.813. The second kappa shape index (κ2) is 3.70. The summed E-state index contributed by atoms with van der Waals surface area (Å²) in [6.07, 6.45) is 0. The monoisotopic (exact) mass is 203 g/mol. The molecular weight excluding hydrogens is 186 g/mol. The molecule has 0 radical (unpaired) electrons. The molecule has 0 spiro atoms. The zero-order chi connectivity index (χ0) is 11.0. The van der Waals surface area contributed by atoms with Crippen LogP contribution >= 0.6 is 0 Å². The fourth-order valence-corrected chi connectivity index (χ4v) is 1.93. The van der Waals surface area contributed by atoms with Gasteiger partial charge in [0, 0.05) is 5.39 Å². The zero-order valence-corrected chi connectivity index (χ0v) is 9.50. The molecule has 0 atom stereocenters. The van der Waals surface area contributed by atoms with Crippen LogP contribution < -0.4 is 5.73 Å². The molecule has 1 heterocycles. The second-order valence-electron chi connectivity index (χ2n) is 4.29. The molecule has 2 heteroatoms. The van der Waals surface area contributed by atoms with Gasteiger partial charge < -0.3 is 10.2 Å². The Morgan fingerprint density at radius 2 is 2.07 bits per heavy atom. The molecule has 0 amide bonds. The van der Waals surface area contributed by atoms with Gasteiger partial charge in [-0.2, -0.15) is 0 Å². The Bertz CT molecular complexity index is 482. The van der Waals surface area contributed by atoms with Crippen molar-refractivity contribution in [2.75, 3.05) is 0 Å². The first-order chi connectivity index (χ1) is 7.13. The van der Waals surface area contributed by atoms with Crippen LogP contribution in [-0.2, 0) is 6.54 Å². The molecule has 15 heavy (non-hydrogen) atoms. The molecule has 80 valence electrons. The molecule has 0 aliphatic rings. The summed E-state index contributed by atoms with van der Waals surface area (Å²) in [6.45, 7) is 6.92. The first-order valence-corrected chi connectivity index (χ1v) is 5.35. The summed E-state index contributed by atoms with van der Waals surface area (Å²) in [5, 5.41) is 1.21. The van der Waals surface area contributed by atoms with Gasteiger partial charge in [0.15, 0.2) is 0 Å². The number of aryl methyl sites for hydroxylation is 1. The Kier molecular flexibility index (Phi) is 2.53. The molecule has 0 aliphatic carbocycles. The average Bonchev–Trinajstić information content (AvgIpc) is 2.62. The predicted molar refractivity (Wildman–Crippen MR) is 62.9 cm³/mol. The Balaban J connectivity index is 2.74. The molecule has 0 unspecified atom stereocenters. The average molecular weight is 203 g/mol. The van der Waals surface area contributed by atoms with E-state index in [1.165, 1.54) is 16.5 Å². The lowest BCUT2D eigenvalue weighted by Crippen LogP contribution is -1.92. The molecule has 2 rings (SSSR count). The number of hydrogen-bond acceptors (Lipinski definition) is 2. The zero-order valence-electron chi connectivity index (χ0n) is 9.50. The Labute approximate surface area is 90.1 Å². The van der Waals surface area contributed by atoms with Gasteiger partial charge in [-0.05, 0) is 30.0 Å². The van der Waals surface area contributed by atoms with Gasteiger partial charge in [-0.15, -0.1) is 0 Å². The molecule has 1 aromatic heterocycles. The van der Waals surface area contributed by atoms with Gasteiger partial charge in [0.05, 0.1) is 6.54 Å². The van der Waals surface area contributed by atoms with Crippen LogP contribution in [0.1, 0.15) is 36.7 Å². The van der Waals surface area contributed by atoms with Crippen molar-refractivity contribution < 1.29 is 4.42 Å². The maximum absolute atomic E-state index is 5.71. The molecule has 0 saturated heterocycles. The molecule has 0 saturated carbocycles. The molecule has 2 nitrogen and oxygen atoms in total. The van der Waals surface area contributed by atoms with E-state index in [1.54, 1.807) is 0 Å². The van der Waals surface area contributed by atoms with E-state index in [4.69, 9.17) is 10.2 Å². The highest BCUT2D eigenvalue weighted by atomic mass is 16.3. The minimum absolute atomic E-state index is 0.464. The van der Waals surface area contributed by atoms with E-state index in [0.29, 0.717) is 12.5 Å². The van der Waals surface area contributed by atoms with Gasteiger partial charge in [-0.3, -0.25) is 0 Å². The van der Waals surface area contributed by atoms with E-state index in [9.17, 15) is 0 Å². The van der Waals surface area contributed by atoms with Crippen molar-refractivity contribution in [3.8, 4) is 0 Å². The summed E-state index contributed by atoms with van der Waals surface area (Å²) in [4.78, 5) is 0. The topological polar surface area (TPSA) is 39.2 Å². The van der Waals surface area contributed by atoms with Gasteiger partial charge in [0.2, 0.25) is 0 Å². The number of rotatable bonds is 2. The maximum atomic E-state index is 5.71. The minimum atomic E-state index is 0.464. The van der Waals surface area contributed by atoms with E-state index in [0.717, 1.165) is 11.3 Å². The summed E-state index contributed by atoms with van der Waals surface area (Å²) >= 11 is 0. The first kappa shape index (κ1) is 10.2. The third kappa shape index (κ3) is 1.65. The third-order valence-electron chi connectivity index (χ3n) is 2.79. The van der Waals surface area contributed by atoms with Crippen LogP contribution in [0.15, 0.2) is 22.6 Å². The fourth-order valence-electron chi connectivity index (χ4n) is 1.93. The number of furan rings is 1. The highest BCUT2D eigenvalue weighted by molar-refractivity contribution is 5.85. The Hall–Kier alpha value is -1.28. The van der Waals surface area contributed by atoms with Gasteiger partial charge in [0.25, 0.3) is 0 Å². The van der Waals surface area contributed by atoms with Crippen molar-refractivity contribution in [1.29, 1.82) is 0 Å². The van der Waals surface area contributed by atoms with Gasteiger partial charge in [-0.1, -0.05) is 26.0 Å². The van der Waals surface area contributed by atoms with Crippen LogP contribution in [0.5, 0.6) is 0 Å². The largest absolute Gasteiger partial charge is 0.459 e. The summed E-state index contributed by atoms with van der Waals surface area (Å²) in [5.74, 6) is 1.37. The third-order valence-corrected chi connectivity index (χ3v) is 2.79. The molecule has 2 aromatic rings. The molecule has 1 aromatic carbocycles. The Morgan fingerprint density at radius 3 is 2.67 bits per heavy atom. The van der Waals surface area contributed by atoms with Crippen LogP contribution in [0.3, 0.4) is 0 Å². The Morgan fingerprint density at radius 1 is 1.33 bits per heavy atom. The van der Waals surface area contributed by atoms with Crippen LogP contribution in [0.4, 0.5) is 0 Å². The van der Waals surface area contributed by atoms with Crippen LogP contribution in [0.25, 0.3) is 11.0 Å². The first-order valence-electron chi connectivity index (χ1n) is 5.35. The lowest BCUT2D eigenvalue weighted by molar-refractivity contribution is 0.550. The second-order valence-corrected chi connectivity index (χ2v) is 4.29. The highest BCUT2D eigenvalue weighted by Gasteiger charge is 2.11. The van der Waals surface area contributed by atoms with Crippen LogP contribution in [0, 0.1) is 6.92 Å². The number of nitrogens with two attached hydrogens (primary N) is 1. The van der Waals surface area contributed by atoms with E-state index in [2.05, 4.69) is 39.0 Å². The molecule has 0 aliphatic heterocycles. The van der Waals surface area contributed by atoms with Crippen molar-refractivity contribution in [3.05, 3.63) is 35.1 Å². The number of benzene rings is 1. The SMILES string of the molecule is Cc1ccc(C(C)C)c2cc(CN)oc12. The lowest BCUT2D eigenvalue weighted by Gasteiger charge is -2.07. The molecular formula is C13H17NO. The van der Waals surface area contributed by atoms with E-state index >= 15 is 0 Å². The fraction of sp³-hybridized carbons (Fsp3) is 0.385.